The zero-order valence-corrected chi connectivity index (χ0v) is 13.9. The lowest BCUT2D eigenvalue weighted by Gasteiger charge is -2.31. The Morgan fingerprint density at radius 2 is 1.91 bits per heavy atom. The molecule has 0 aromatic heterocycles. The number of nitrogens with one attached hydrogen (secondary N) is 1. The molecule has 5 heteroatoms. The number of likely N-dealkylation sites (tertiary alicyclic amines) is 1. The molecule has 130 valence electrons. The van der Waals surface area contributed by atoms with Crippen LogP contribution in [-0.4, -0.2) is 41.4 Å². The van der Waals surface area contributed by atoms with Gasteiger partial charge in [0.1, 0.15) is 0 Å². The van der Waals surface area contributed by atoms with E-state index >= 15 is 0 Å². The zero-order chi connectivity index (χ0) is 16.2. The predicted molar refractivity (Wildman–Crippen MR) is 84.2 cm³/mol. The molecule has 1 heterocycles. The minimum atomic E-state index is -2.45. The molecule has 0 aromatic carbocycles. The molecule has 1 saturated heterocycles. The average molecular weight is 326 g/mol. The van der Waals surface area contributed by atoms with E-state index < -0.39 is 5.92 Å². The summed E-state index contributed by atoms with van der Waals surface area (Å²) in [5.41, 5.74) is 0. The summed E-state index contributed by atoms with van der Waals surface area (Å²) in [6.45, 7) is 3.19. The first-order valence-corrected chi connectivity index (χ1v) is 9.37. The van der Waals surface area contributed by atoms with Gasteiger partial charge in [-0.1, -0.05) is 6.92 Å². The van der Waals surface area contributed by atoms with Crippen LogP contribution in [0.3, 0.4) is 0 Å². The molecule has 4 fully saturated rings. The highest BCUT2D eigenvalue weighted by Gasteiger charge is 2.53. The summed E-state index contributed by atoms with van der Waals surface area (Å²) in [4.78, 5) is 14.5. The molecule has 0 aromatic rings. The number of hydrogen-bond donors (Lipinski definition) is 1. The van der Waals surface area contributed by atoms with E-state index in [1.165, 1.54) is 12.8 Å². The van der Waals surface area contributed by atoms with Crippen LogP contribution in [0.2, 0.25) is 0 Å². The Labute approximate surface area is 137 Å². The maximum absolute atomic E-state index is 13.3. The quantitative estimate of drug-likeness (QED) is 0.860. The van der Waals surface area contributed by atoms with Gasteiger partial charge in [-0.05, 0) is 56.4 Å². The number of nitrogens with zero attached hydrogens (tertiary/aromatic N) is 1. The van der Waals surface area contributed by atoms with Crippen LogP contribution >= 0.6 is 0 Å². The Morgan fingerprint density at radius 1 is 1.22 bits per heavy atom. The van der Waals surface area contributed by atoms with Crippen LogP contribution in [0.5, 0.6) is 0 Å². The first-order chi connectivity index (χ1) is 10.9. The fraction of sp³-hybridized carbons (Fsp3) is 0.944. The van der Waals surface area contributed by atoms with Crippen molar-refractivity contribution >= 4 is 5.91 Å². The summed E-state index contributed by atoms with van der Waals surface area (Å²) < 4.78 is 26.5. The van der Waals surface area contributed by atoms with Gasteiger partial charge < -0.3 is 10.2 Å². The van der Waals surface area contributed by atoms with Crippen molar-refractivity contribution in [2.45, 2.75) is 82.3 Å². The number of carbonyl (C=O) groups excluding carboxylic acids is 1. The lowest BCUT2D eigenvalue weighted by atomic mass is 9.87. The predicted octanol–water partition coefficient (Wildman–Crippen LogP) is 3.19. The Morgan fingerprint density at radius 3 is 2.57 bits per heavy atom. The third-order valence-electron chi connectivity index (χ3n) is 6.74. The van der Waals surface area contributed by atoms with Crippen molar-refractivity contribution in [2.24, 2.45) is 17.8 Å². The summed E-state index contributed by atoms with van der Waals surface area (Å²) in [7, 11) is 0. The van der Waals surface area contributed by atoms with Crippen LogP contribution in [0, 0.1) is 17.8 Å². The van der Waals surface area contributed by atoms with Crippen molar-refractivity contribution in [3.63, 3.8) is 0 Å². The van der Waals surface area contributed by atoms with Crippen molar-refractivity contribution in [3.05, 3.63) is 0 Å². The van der Waals surface area contributed by atoms with Gasteiger partial charge in [0.05, 0.1) is 0 Å². The normalized spacial score (nSPS) is 40.7. The van der Waals surface area contributed by atoms with E-state index in [2.05, 4.69) is 17.1 Å². The fourth-order valence-corrected chi connectivity index (χ4v) is 5.26. The molecule has 4 rings (SSSR count). The maximum atomic E-state index is 13.3. The van der Waals surface area contributed by atoms with Gasteiger partial charge >= 0.3 is 0 Å². The van der Waals surface area contributed by atoms with Gasteiger partial charge in [0.2, 0.25) is 11.8 Å². The van der Waals surface area contributed by atoms with Crippen molar-refractivity contribution < 1.29 is 13.6 Å². The largest absolute Gasteiger partial charge is 0.336 e. The first-order valence-electron chi connectivity index (χ1n) is 9.37. The Bertz CT molecular complexity index is 470. The minimum Gasteiger partial charge on any atom is -0.336 e. The second kappa shape index (κ2) is 5.68. The molecule has 1 N–H and O–H groups in total. The third kappa shape index (κ3) is 3.01. The molecular weight excluding hydrogens is 298 g/mol. The number of alkyl halides is 2. The molecule has 0 spiro atoms. The molecule has 3 saturated carbocycles. The van der Waals surface area contributed by atoms with Gasteiger partial charge in [0.15, 0.2) is 0 Å². The molecule has 0 bridgehead atoms. The summed E-state index contributed by atoms with van der Waals surface area (Å²) in [5.74, 6) is -0.466. The van der Waals surface area contributed by atoms with Gasteiger partial charge in [-0.2, -0.15) is 0 Å². The monoisotopic (exact) mass is 326 g/mol. The van der Waals surface area contributed by atoms with Gasteiger partial charge in [-0.25, -0.2) is 8.78 Å². The lowest BCUT2D eigenvalue weighted by Crippen LogP contribution is -2.41. The molecule has 4 aliphatic rings. The standard InChI is InChI=1S/C18H28F2N2O/c1-11-8-16-14(9-17(23)22(16)13-2-3-13)15(11)10-21-12-4-6-18(19,20)7-5-12/h11-16,21H,2-10H2,1H3/t11-,14-,15+,16+/m0/s1. The lowest BCUT2D eigenvalue weighted by molar-refractivity contribution is -0.129. The van der Waals surface area contributed by atoms with Crippen molar-refractivity contribution in [1.82, 2.24) is 10.2 Å². The van der Waals surface area contributed by atoms with Gasteiger partial charge in [-0.15, -0.1) is 0 Å². The van der Waals surface area contributed by atoms with E-state index in [0.717, 1.165) is 13.0 Å². The number of carbonyl (C=O) groups is 1. The molecule has 23 heavy (non-hydrogen) atoms. The van der Waals surface area contributed by atoms with E-state index in [9.17, 15) is 13.6 Å². The van der Waals surface area contributed by atoms with Gasteiger partial charge in [0, 0.05) is 37.4 Å². The number of rotatable bonds is 4. The fourth-order valence-electron chi connectivity index (χ4n) is 5.26. The van der Waals surface area contributed by atoms with E-state index in [-0.39, 0.29) is 18.9 Å². The second-order valence-corrected chi connectivity index (χ2v) is 8.38. The van der Waals surface area contributed by atoms with E-state index in [1.807, 2.05) is 0 Å². The Kier molecular flexibility index (Phi) is 3.90. The van der Waals surface area contributed by atoms with Crippen LogP contribution in [0.25, 0.3) is 0 Å². The number of hydrogen-bond acceptors (Lipinski definition) is 2. The second-order valence-electron chi connectivity index (χ2n) is 8.38. The van der Waals surface area contributed by atoms with Crippen molar-refractivity contribution in [2.75, 3.05) is 6.54 Å². The van der Waals surface area contributed by atoms with Crippen molar-refractivity contribution in [1.29, 1.82) is 0 Å². The first kappa shape index (κ1) is 15.8. The molecule has 4 atom stereocenters. The van der Waals surface area contributed by atoms with E-state index in [1.54, 1.807) is 0 Å². The molecule has 1 amide bonds. The van der Waals surface area contributed by atoms with Crippen LogP contribution in [0.4, 0.5) is 8.78 Å². The SMILES string of the molecule is C[C@H]1C[C@@H]2[C@@H](CC(=O)N2C2CC2)[C@@H]1CNC1CCC(F)(F)CC1. The molecule has 3 aliphatic carbocycles. The Hall–Kier alpha value is -0.710. The highest BCUT2D eigenvalue weighted by Crippen LogP contribution is 2.49. The molecule has 1 aliphatic heterocycles. The smallest absolute Gasteiger partial charge is 0.248 e. The van der Waals surface area contributed by atoms with Crippen LogP contribution in [-0.2, 0) is 4.79 Å². The number of amides is 1. The Balaban J connectivity index is 1.33. The topological polar surface area (TPSA) is 32.3 Å². The molecular formula is C18H28F2N2O. The third-order valence-corrected chi connectivity index (χ3v) is 6.74. The number of halogens is 2. The van der Waals surface area contributed by atoms with E-state index in [4.69, 9.17) is 0 Å². The van der Waals surface area contributed by atoms with Crippen molar-refractivity contribution in [3.8, 4) is 0 Å². The highest BCUT2D eigenvalue weighted by molar-refractivity contribution is 5.80. The molecule has 3 nitrogen and oxygen atoms in total. The summed E-state index contributed by atoms with van der Waals surface area (Å²) >= 11 is 0. The molecule has 0 unspecified atom stereocenters. The summed E-state index contributed by atoms with van der Waals surface area (Å²) in [5, 5.41) is 3.56. The molecule has 0 radical (unpaired) electrons. The van der Waals surface area contributed by atoms with Crippen LogP contribution < -0.4 is 5.32 Å². The summed E-state index contributed by atoms with van der Waals surface area (Å²) in [6.07, 6.45) is 5.40. The van der Waals surface area contributed by atoms with Gasteiger partial charge in [0.25, 0.3) is 0 Å². The van der Waals surface area contributed by atoms with E-state index in [0.29, 0.717) is 55.0 Å². The van der Waals surface area contributed by atoms with Crippen LogP contribution in [0.15, 0.2) is 0 Å². The van der Waals surface area contributed by atoms with Gasteiger partial charge in [-0.3, -0.25) is 4.79 Å². The number of fused-ring (bicyclic) bond motifs is 1. The highest BCUT2D eigenvalue weighted by atomic mass is 19.3. The zero-order valence-electron chi connectivity index (χ0n) is 13.9. The van der Waals surface area contributed by atoms with Crippen LogP contribution in [0.1, 0.15) is 58.3 Å². The maximum Gasteiger partial charge on any atom is 0.248 e. The summed E-state index contributed by atoms with van der Waals surface area (Å²) in [6, 6.07) is 1.21. The average Bonchev–Trinajstić information content (AvgIpc) is 3.20. The minimum absolute atomic E-state index is 0.0187.